The molecule has 0 radical (unpaired) electrons. The predicted molar refractivity (Wildman–Crippen MR) is 126 cm³/mol. The van der Waals surface area contributed by atoms with Crippen molar-refractivity contribution in [1.82, 2.24) is 10.3 Å². The third-order valence-electron chi connectivity index (χ3n) is 5.65. The van der Waals surface area contributed by atoms with E-state index >= 15 is 0 Å². The highest BCUT2D eigenvalue weighted by molar-refractivity contribution is 7.17. The molecule has 0 spiro atoms. The number of allylic oxidation sites excluding steroid dienone is 4. The average molecular weight is 489 g/mol. The lowest BCUT2D eigenvalue weighted by Gasteiger charge is -2.18. The minimum atomic E-state index is -1.13. The van der Waals surface area contributed by atoms with Gasteiger partial charge in [-0.1, -0.05) is 34.6 Å². The maximum absolute atomic E-state index is 13.5. The van der Waals surface area contributed by atoms with E-state index in [9.17, 15) is 18.8 Å². The second kappa shape index (κ2) is 9.07. The van der Waals surface area contributed by atoms with Gasteiger partial charge in [-0.3, -0.25) is 14.4 Å². The molecule has 0 atom stereocenters. The molecule has 1 saturated carbocycles. The summed E-state index contributed by atoms with van der Waals surface area (Å²) in [6.45, 7) is 3.65. The van der Waals surface area contributed by atoms with Crippen molar-refractivity contribution in [2.24, 2.45) is 5.41 Å². The molecule has 7 nitrogen and oxygen atoms in total. The predicted octanol–water partition coefficient (Wildman–Crippen LogP) is 4.96. The fourth-order valence-corrected chi connectivity index (χ4v) is 4.46. The van der Waals surface area contributed by atoms with Gasteiger partial charge in [0.1, 0.15) is 16.1 Å². The zero-order valence-corrected chi connectivity index (χ0v) is 19.6. The Kier molecular flexibility index (Phi) is 6.36. The first-order valence-corrected chi connectivity index (χ1v) is 11.6. The standard InChI is InChI=1S/C23H22ClFN4O3S/c1-12-3-6-15(7-4-12)27-20(31)23(9-10-23)21(32)29-22-26-13(2)18(33-22)19(30)28-17-11-14(25)5-8-16(17)24/h3,5-6,8,11H,4,7,9-10H2,1-2H3,(H,27,31)(H,28,30)(H,26,29,32). The molecule has 1 fully saturated rings. The molecule has 0 unspecified atom stereocenters. The van der Waals surface area contributed by atoms with Gasteiger partial charge in [0.05, 0.1) is 16.4 Å². The van der Waals surface area contributed by atoms with Crippen molar-refractivity contribution < 1.29 is 18.8 Å². The number of carbonyl (C=O) groups excluding carboxylic acids is 3. The van der Waals surface area contributed by atoms with Gasteiger partial charge in [-0.25, -0.2) is 9.37 Å². The molecule has 3 amide bonds. The molecule has 172 valence electrons. The summed E-state index contributed by atoms with van der Waals surface area (Å²) >= 11 is 6.98. The van der Waals surface area contributed by atoms with Crippen LogP contribution in [-0.4, -0.2) is 22.7 Å². The topological polar surface area (TPSA) is 100 Å². The molecule has 33 heavy (non-hydrogen) atoms. The summed E-state index contributed by atoms with van der Waals surface area (Å²) in [5.41, 5.74) is 1.43. The Bertz CT molecular complexity index is 1220. The van der Waals surface area contributed by atoms with E-state index < -0.39 is 23.0 Å². The van der Waals surface area contributed by atoms with Gasteiger partial charge >= 0.3 is 0 Å². The number of amides is 3. The van der Waals surface area contributed by atoms with Crippen molar-refractivity contribution in [3.63, 3.8) is 0 Å². The molecule has 2 aromatic rings. The number of hydrogen-bond donors (Lipinski definition) is 3. The lowest BCUT2D eigenvalue weighted by Crippen LogP contribution is -2.39. The van der Waals surface area contributed by atoms with Gasteiger partial charge < -0.3 is 16.0 Å². The van der Waals surface area contributed by atoms with Gasteiger partial charge in [-0.05, 0) is 63.8 Å². The molecule has 1 heterocycles. The molecular formula is C23H22ClFN4O3S. The summed E-state index contributed by atoms with van der Waals surface area (Å²) in [5, 5.41) is 8.52. The van der Waals surface area contributed by atoms with Gasteiger partial charge in [-0.15, -0.1) is 0 Å². The highest BCUT2D eigenvalue weighted by atomic mass is 35.5. The smallest absolute Gasteiger partial charge is 0.267 e. The van der Waals surface area contributed by atoms with Crippen LogP contribution in [0, 0.1) is 18.2 Å². The number of aromatic nitrogens is 1. The van der Waals surface area contributed by atoms with Crippen LogP contribution in [-0.2, 0) is 9.59 Å². The molecule has 1 aromatic heterocycles. The molecule has 0 bridgehead atoms. The largest absolute Gasteiger partial charge is 0.329 e. The molecule has 0 saturated heterocycles. The summed E-state index contributed by atoms with van der Waals surface area (Å²) in [6.07, 6.45) is 6.32. The zero-order valence-electron chi connectivity index (χ0n) is 18.1. The van der Waals surface area contributed by atoms with E-state index in [1.165, 1.54) is 17.7 Å². The summed E-state index contributed by atoms with van der Waals surface area (Å²) in [6, 6.07) is 3.65. The van der Waals surface area contributed by atoms with E-state index in [1.807, 2.05) is 19.1 Å². The van der Waals surface area contributed by atoms with E-state index in [0.29, 0.717) is 18.5 Å². The Morgan fingerprint density at radius 1 is 1.06 bits per heavy atom. The minimum Gasteiger partial charge on any atom is -0.329 e. The fraction of sp³-hybridized carbons (Fsp3) is 0.304. The van der Waals surface area contributed by atoms with Crippen LogP contribution in [0.3, 0.4) is 0 Å². The van der Waals surface area contributed by atoms with Gasteiger partial charge in [0.15, 0.2) is 5.13 Å². The number of rotatable bonds is 6. The second-order valence-electron chi connectivity index (χ2n) is 8.21. The van der Waals surface area contributed by atoms with Crippen LogP contribution in [0.5, 0.6) is 0 Å². The summed E-state index contributed by atoms with van der Waals surface area (Å²) in [4.78, 5) is 42.8. The van der Waals surface area contributed by atoms with Gasteiger partial charge in [0.2, 0.25) is 11.8 Å². The average Bonchev–Trinajstić information content (AvgIpc) is 3.51. The van der Waals surface area contributed by atoms with E-state index in [1.54, 1.807) is 6.92 Å². The first-order chi connectivity index (χ1) is 15.7. The first kappa shape index (κ1) is 23.1. The number of nitrogens with zero attached hydrogens (tertiary/aromatic N) is 1. The van der Waals surface area contributed by atoms with Crippen LogP contribution in [0.4, 0.5) is 15.2 Å². The van der Waals surface area contributed by atoms with E-state index in [2.05, 4.69) is 20.9 Å². The number of aryl methyl sites for hydroxylation is 1. The van der Waals surface area contributed by atoms with Gasteiger partial charge in [0, 0.05) is 5.70 Å². The number of halogens is 2. The lowest BCUT2D eigenvalue weighted by atomic mass is 10.0. The highest BCUT2D eigenvalue weighted by Crippen LogP contribution is 2.47. The van der Waals surface area contributed by atoms with E-state index in [0.717, 1.165) is 35.9 Å². The maximum atomic E-state index is 13.5. The number of thiazole rings is 1. The summed E-state index contributed by atoms with van der Waals surface area (Å²) in [5.74, 6) is -1.83. The second-order valence-corrected chi connectivity index (χ2v) is 9.61. The number of hydrogen-bond acceptors (Lipinski definition) is 5. The molecule has 2 aliphatic rings. The van der Waals surface area contributed by atoms with Crippen LogP contribution >= 0.6 is 22.9 Å². The Hall–Kier alpha value is -3.04. The van der Waals surface area contributed by atoms with E-state index in [-0.39, 0.29) is 26.6 Å². The molecule has 4 rings (SSSR count). The number of carbonyl (C=O) groups is 3. The number of nitrogens with one attached hydrogen (secondary N) is 3. The normalized spacial score (nSPS) is 16.4. The monoisotopic (exact) mass is 488 g/mol. The Morgan fingerprint density at radius 3 is 2.45 bits per heavy atom. The third-order valence-corrected chi connectivity index (χ3v) is 7.05. The van der Waals surface area contributed by atoms with Crippen LogP contribution in [0.25, 0.3) is 0 Å². The highest BCUT2D eigenvalue weighted by Gasteiger charge is 2.56. The summed E-state index contributed by atoms with van der Waals surface area (Å²) < 4.78 is 13.5. The summed E-state index contributed by atoms with van der Waals surface area (Å²) in [7, 11) is 0. The van der Waals surface area contributed by atoms with Crippen LogP contribution < -0.4 is 16.0 Å². The molecule has 3 N–H and O–H groups in total. The molecule has 2 aliphatic carbocycles. The van der Waals surface area contributed by atoms with Crippen molar-refractivity contribution in [2.45, 2.75) is 39.5 Å². The fourth-order valence-electron chi connectivity index (χ4n) is 3.44. The molecule has 1 aromatic carbocycles. The van der Waals surface area contributed by atoms with Crippen molar-refractivity contribution in [1.29, 1.82) is 0 Å². The molecular weight excluding hydrogens is 467 g/mol. The Labute approximate surface area is 199 Å². The quantitative estimate of drug-likeness (QED) is 0.500. The van der Waals surface area contributed by atoms with Crippen LogP contribution in [0.15, 0.2) is 41.6 Å². The van der Waals surface area contributed by atoms with Crippen LogP contribution in [0.1, 0.15) is 48.0 Å². The SMILES string of the molecule is CC1=CC=C(NC(=O)C2(C(=O)Nc3nc(C)c(C(=O)Nc4cc(F)ccc4Cl)s3)CC2)CC1. The Balaban J connectivity index is 1.43. The lowest BCUT2D eigenvalue weighted by molar-refractivity contribution is -0.133. The van der Waals surface area contributed by atoms with Gasteiger partial charge in [0.25, 0.3) is 5.91 Å². The molecule has 0 aliphatic heterocycles. The number of benzene rings is 1. The maximum Gasteiger partial charge on any atom is 0.267 e. The van der Waals surface area contributed by atoms with Crippen molar-refractivity contribution in [3.05, 3.63) is 63.0 Å². The Morgan fingerprint density at radius 2 is 1.79 bits per heavy atom. The zero-order chi connectivity index (χ0) is 23.8. The first-order valence-electron chi connectivity index (χ1n) is 10.4. The van der Waals surface area contributed by atoms with Gasteiger partial charge in [-0.2, -0.15) is 0 Å². The van der Waals surface area contributed by atoms with Crippen molar-refractivity contribution >= 4 is 51.5 Å². The molecule has 10 heteroatoms. The van der Waals surface area contributed by atoms with Crippen LogP contribution in [0.2, 0.25) is 5.02 Å². The van der Waals surface area contributed by atoms with Crippen molar-refractivity contribution in [3.8, 4) is 0 Å². The number of anilines is 2. The van der Waals surface area contributed by atoms with Crippen molar-refractivity contribution in [2.75, 3.05) is 10.6 Å². The minimum absolute atomic E-state index is 0.135. The van der Waals surface area contributed by atoms with E-state index in [4.69, 9.17) is 11.6 Å². The third kappa shape index (κ3) is 4.99.